The lowest BCUT2D eigenvalue weighted by Crippen LogP contribution is -2.48. The van der Waals surface area contributed by atoms with E-state index in [9.17, 15) is 8.42 Å². The molecule has 7 heteroatoms. The fourth-order valence-electron chi connectivity index (χ4n) is 3.10. The summed E-state index contributed by atoms with van der Waals surface area (Å²) in [7, 11) is -1.86. The van der Waals surface area contributed by atoms with Crippen molar-refractivity contribution in [3.8, 4) is 5.75 Å². The Bertz CT molecular complexity index is 907. The molecule has 0 saturated carbocycles. The molecular weight excluding hydrogens is 372 g/mol. The SMILES string of the molecule is COc1ccc(Cl)cc1N1CCN(S(=O)(=O)c2ccc(C)c(C)c2)CC1. The highest BCUT2D eigenvalue weighted by molar-refractivity contribution is 7.89. The molecule has 0 atom stereocenters. The number of methoxy groups -OCH3 is 1. The molecule has 5 nitrogen and oxygen atoms in total. The Balaban J connectivity index is 1.78. The number of hydrogen-bond donors (Lipinski definition) is 0. The molecule has 0 bridgehead atoms. The van der Waals surface area contributed by atoms with Gasteiger partial charge in [-0.2, -0.15) is 4.31 Å². The summed E-state index contributed by atoms with van der Waals surface area (Å²) in [6.07, 6.45) is 0. The summed E-state index contributed by atoms with van der Waals surface area (Å²) in [5.41, 5.74) is 2.96. The molecule has 0 spiro atoms. The van der Waals surface area contributed by atoms with Crippen molar-refractivity contribution < 1.29 is 13.2 Å². The number of hydrogen-bond acceptors (Lipinski definition) is 4. The number of anilines is 1. The second-order valence-electron chi connectivity index (χ2n) is 6.45. The summed E-state index contributed by atoms with van der Waals surface area (Å²) < 4.78 is 32.8. The van der Waals surface area contributed by atoms with Gasteiger partial charge in [-0.1, -0.05) is 17.7 Å². The van der Waals surface area contributed by atoms with Crippen LogP contribution in [-0.4, -0.2) is 46.0 Å². The van der Waals surface area contributed by atoms with Crippen LogP contribution in [0.5, 0.6) is 5.75 Å². The summed E-state index contributed by atoms with van der Waals surface area (Å²) in [4.78, 5) is 2.46. The van der Waals surface area contributed by atoms with E-state index in [0.29, 0.717) is 36.1 Å². The van der Waals surface area contributed by atoms with E-state index < -0.39 is 10.0 Å². The minimum Gasteiger partial charge on any atom is -0.495 e. The maximum absolute atomic E-state index is 12.9. The molecule has 1 aliphatic heterocycles. The molecule has 1 fully saturated rings. The van der Waals surface area contributed by atoms with Crippen molar-refractivity contribution in [2.75, 3.05) is 38.2 Å². The maximum atomic E-state index is 12.9. The molecule has 2 aromatic rings. The van der Waals surface area contributed by atoms with Crippen molar-refractivity contribution in [1.82, 2.24) is 4.31 Å². The van der Waals surface area contributed by atoms with E-state index in [-0.39, 0.29) is 0 Å². The van der Waals surface area contributed by atoms with Crippen LogP contribution in [0.2, 0.25) is 5.02 Å². The van der Waals surface area contributed by atoms with Crippen molar-refractivity contribution >= 4 is 27.3 Å². The Labute approximate surface area is 160 Å². The highest BCUT2D eigenvalue weighted by atomic mass is 35.5. The summed E-state index contributed by atoms with van der Waals surface area (Å²) in [5, 5.41) is 0.631. The van der Waals surface area contributed by atoms with Crippen LogP contribution < -0.4 is 9.64 Å². The molecule has 140 valence electrons. The molecule has 0 radical (unpaired) electrons. The Kier molecular flexibility index (Phi) is 5.46. The fraction of sp³-hybridized carbons (Fsp3) is 0.368. The number of rotatable bonds is 4. The van der Waals surface area contributed by atoms with E-state index in [1.165, 1.54) is 0 Å². The zero-order valence-corrected chi connectivity index (χ0v) is 16.8. The highest BCUT2D eigenvalue weighted by Gasteiger charge is 2.29. The Morgan fingerprint density at radius 2 is 1.65 bits per heavy atom. The van der Waals surface area contributed by atoms with Crippen LogP contribution in [0.25, 0.3) is 0 Å². The fourth-order valence-corrected chi connectivity index (χ4v) is 4.78. The minimum atomic E-state index is -3.48. The van der Waals surface area contributed by atoms with Gasteiger partial charge in [-0.15, -0.1) is 0 Å². The van der Waals surface area contributed by atoms with E-state index in [2.05, 4.69) is 4.90 Å². The van der Waals surface area contributed by atoms with Crippen LogP contribution in [-0.2, 0) is 10.0 Å². The molecule has 3 rings (SSSR count). The minimum absolute atomic E-state index is 0.356. The lowest BCUT2D eigenvalue weighted by molar-refractivity contribution is 0.378. The van der Waals surface area contributed by atoms with Crippen LogP contribution in [0.1, 0.15) is 11.1 Å². The molecular formula is C19H23ClN2O3S. The predicted octanol–water partition coefficient (Wildman–Crippen LogP) is 3.48. The van der Waals surface area contributed by atoms with Crippen LogP contribution in [0, 0.1) is 13.8 Å². The standard InChI is InChI=1S/C19H23ClN2O3S/c1-14-4-6-17(12-15(14)2)26(23,24)22-10-8-21(9-11-22)18-13-16(20)5-7-19(18)25-3/h4-7,12-13H,8-11H2,1-3H3. The molecule has 26 heavy (non-hydrogen) atoms. The number of benzene rings is 2. The number of piperazine rings is 1. The Hall–Kier alpha value is -1.76. The smallest absolute Gasteiger partial charge is 0.243 e. The number of nitrogens with zero attached hydrogens (tertiary/aromatic N) is 2. The van der Waals surface area contributed by atoms with Crippen molar-refractivity contribution in [3.05, 3.63) is 52.5 Å². The molecule has 0 aromatic heterocycles. The molecule has 2 aromatic carbocycles. The van der Waals surface area contributed by atoms with Gasteiger partial charge < -0.3 is 9.64 Å². The lowest BCUT2D eigenvalue weighted by atomic mass is 10.1. The largest absolute Gasteiger partial charge is 0.495 e. The van der Waals surface area contributed by atoms with Crippen LogP contribution in [0.3, 0.4) is 0 Å². The summed E-state index contributed by atoms with van der Waals surface area (Å²) in [6, 6.07) is 10.8. The first-order chi connectivity index (χ1) is 12.3. The monoisotopic (exact) mass is 394 g/mol. The normalized spacial score (nSPS) is 15.9. The third-order valence-electron chi connectivity index (χ3n) is 4.84. The first kappa shape index (κ1) is 19.0. The van der Waals surface area contributed by atoms with Gasteiger partial charge in [0.15, 0.2) is 0 Å². The third kappa shape index (κ3) is 3.68. The quantitative estimate of drug-likeness (QED) is 0.796. The third-order valence-corrected chi connectivity index (χ3v) is 6.97. The first-order valence-electron chi connectivity index (χ1n) is 8.49. The highest BCUT2D eigenvalue weighted by Crippen LogP contribution is 2.32. The van der Waals surface area contributed by atoms with E-state index in [1.807, 2.05) is 32.0 Å². The van der Waals surface area contributed by atoms with Gasteiger partial charge in [-0.25, -0.2) is 8.42 Å². The molecule has 1 heterocycles. The zero-order chi connectivity index (χ0) is 18.9. The molecule has 1 aliphatic rings. The molecule has 1 saturated heterocycles. The van der Waals surface area contributed by atoms with Gasteiger partial charge in [0, 0.05) is 31.2 Å². The molecule has 0 unspecified atom stereocenters. The van der Waals surface area contributed by atoms with Gasteiger partial charge in [0.1, 0.15) is 5.75 Å². The number of ether oxygens (including phenoxy) is 1. The van der Waals surface area contributed by atoms with E-state index in [4.69, 9.17) is 16.3 Å². The molecule has 0 aliphatic carbocycles. The van der Waals surface area contributed by atoms with Crippen molar-refractivity contribution in [3.63, 3.8) is 0 Å². The summed E-state index contributed by atoms with van der Waals surface area (Å²) in [5.74, 6) is 0.736. The average molecular weight is 395 g/mol. The van der Waals surface area contributed by atoms with Gasteiger partial charge in [0.2, 0.25) is 10.0 Å². The van der Waals surface area contributed by atoms with Crippen LogP contribution in [0.4, 0.5) is 5.69 Å². The van der Waals surface area contributed by atoms with Gasteiger partial charge in [-0.3, -0.25) is 0 Å². The average Bonchev–Trinajstić information content (AvgIpc) is 2.64. The lowest BCUT2D eigenvalue weighted by Gasteiger charge is -2.36. The Morgan fingerprint density at radius 1 is 0.962 bits per heavy atom. The number of aryl methyl sites for hydroxylation is 2. The predicted molar refractivity (Wildman–Crippen MR) is 105 cm³/mol. The van der Waals surface area contributed by atoms with Crippen molar-refractivity contribution in [2.45, 2.75) is 18.7 Å². The van der Waals surface area contributed by atoms with E-state index >= 15 is 0 Å². The Morgan fingerprint density at radius 3 is 2.27 bits per heavy atom. The van der Waals surface area contributed by atoms with Crippen molar-refractivity contribution in [1.29, 1.82) is 0 Å². The van der Waals surface area contributed by atoms with E-state index in [0.717, 1.165) is 22.6 Å². The van der Waals surface area contributed by atoms with Crippen molar-refractivity contribution in [2.24, 2.45) is 0 Å². The van der Waals surface area contributed by atoms with Gasteiger partial charge >= 0.3 is 0 Å². The number of sulfonamides is 1. The first-order valence-corrected chi connectivity index (χ1v) is 10.3. The second-order valence-corrected chi connectivity index (χ2v) is 8.83. The van der Waals surface area contributed by atoms with Gasteiger partial charge in [0.25, 0.3) is 0 Å². The summed E-state index contributed by atoms with van der Waals surface area (Å²) in [6.45, 7) is 5.91. The van der Waals surface area contributed by atoms with Gasteiger partial charge in [-0.05, 0) is 55.3 Å². The van der Waals surface area contributed by atoms with Crippen LogP contribution in [0.15, 0.2) is 41.3 Å². The zero-order valence-electron chi connectivity index (χ0n) is 15.2. The number of halogens is 1. The molecule has 0 N–H and O–H groups in total. The van der Waals surface area contributed by atoms with Crippen LogP contribution >= 0.6 is 11.6 Å². The maximum Gasteiger partial charge on any atom is 0.243 e. The van der Waals surface area contributed by atoms with E-state index in [1.54, 1.807) is 29.6 Å². The molecule has 0 amide bonds. The topological polar surface area (TPSA) is 49.9 Å². The van der Waals surface area contributed by atoms with Gasteiger partial charge in [0.05, 0.1) is 17.7 Å². The second kappa shape index (κ2) is 7.47. The summed E-state index contributed by atoms with van der Waals surface area (Å²) >= 11 is 6.11.